The molecule has 0 rings (SSSR count). The fraction of sp³-hybridized carbons (Fsp3) is 0.763. The summed E-state index contributed by atoms with van der Waals surface area (Å²) in [6, 6.07) is 0. The maximum Gasteiger partial charge on any atom is 0.306 e. The molecule has 244 valence electrons. The van der Waals surface area contributed by atoms with Gasteiger partial charge in [-0.3, -0.25) is 4.79 Å². The molecule has 1 unspecified atom stereocenters. The maximum atomic E-state index is 12.1. The second-order valence-corrected chi connectivity index (χ2v) is 11.6. The number of allylic oxidation sites excluding steroid dienone is 8. The molecule has 0 aliphatic carbocycles. The largest absolute Gasteiger partial charge is 0.457 e. The van der Waals surface area contributed by atoms with Crippen LogP contribution in [0.4, 0.5) is 0 Å². The SMILES string of the molecule is CCC/C=C\CCCCCCCC(=O)OC(CO)COCCCCCCCCC/C=C\C/C=C\C/C=C\CCCCC. The van der Waals surface area contributed by atoms with Crippen LogP contribution in [0.2, 0.25) is 0 Å². The van der Waals surface area contributed by atoms with E-state index >= 15 is 0 Å². The molecule has 0 spiro atoms. The van der Waals surface area contributed by atoms with E-state index in [-0.39, 0.29) is 19.2 Å². The zero-order valence-electron chi connectivity index (χ0n) is 27.8. The monoisotopic (exact) mass is 589 g/mol. The molecule has 4 heteroatoms. The summed E-state index contributed by atoms with van der Waals surface area (Å²) in [5.74, 6) is -0.219. The fourth-order valence-electron chi connectivity index (χ4n) is 4.69. The average Bonchev–Trinajstić information content (AvgIpc) is 3.00. The summed E-state index contributed by atoms with van der Waals surface area (Å²) in [5, 5.41) is 9.52. The van der Waals surface area contributed by atoms with Gasteiger partial charge in [-0.2, -0.15) is 0 Å². The number of hydrogen-bond donors (Lipinski definition) is 1. The molecule has 0 aromatic carbocycles. The lowest BCUT2D eigenvalue weighted by Gasteiger charge is -2.15. The van der Waals surface area contributed by atoms with Gasteiger partial charge in [0.25, 0.3) is 0 Å². The quantitative estimate of drug-likeness (QED) is 0.0482. The number of aliphatic hydroxyl groups is 1. The van der Waals surface area contributed by atoms with Crippen molar-refractivity contribution in [2.45, 2.75) is 168 Å². The molecule has 0 aromatic rings. The van der Waals surface area contributed by atoms with Gasteiger partial charge in [0.05, 0.1) is 13.2 Å². The van der Waals surface area contributed by atoms with E-state index in [1.807, 2.05) is 0 Å². The van der Waals surface area contributed by atoms with Gasteiger partial charge >= 0.3 is 5.97 Å². The standard InChI is InChI=1S/C38H68O4/c1-3-5-7-9-11-13-15-16-17-18-19-20-21-22-23-24-26-28-30-32-34-41-36-37(35-39)42-38(40)33-31-29-27-25-14-12-10-8-6-4-2/h8,10-11,13,16-17,19-20,37,39H,3-7,9,12,14-15,18,21-36H2,1-2H3/b10-8-,13-11-,17-16-,20-19-. The molecule has 4 nitrogen and oxygen atoms in total. The predicted octanol–water partition coefficient (Wildman–Crippen LogP) is 11.1. The summed E-state index contributed by atoms with van der Waals surface area (Å²) in [6.45, 7) is 5.22. The van der Waals surface area contributed by atoms with Crippen molar-refractivity contribution in [1.29, 1.82) is 0 Å². The minimum absolute atomic E-state index is 0.181. The lowest BCUT2D eigenvalue weighted by Crippen LogP contribution is -2.27. The lowest BCUT2D eigenvalue weighted by atomic mass is 10.1. The first-order chi connectivity index (χ1) is 20.7. The van der Waals surface area contributed by atoms with E-state index < -0.39 is 6.10 Å². The van der Waals surface area contributed by atoms with Crippen molar-refractivity contribution in [3.8, 4) is 0 Å². The van der Waals surface area contributed by atoms with Crippen LogP contribution >= 0.6 is 0 Å². The molecule has 0 heterocycles. The molecular weight excluding hydrogens is 520 g/mol. The zero-order chi connectivity index (χ0) is 30.6. The summed E-state index contributed by atoms with van der Waals surface area (Å²) >= 11 is 0. The van der Waals surface area contributed by atoms with E-state index in [1.165, 1.54) is 96.3 Å². The minimum Gasteiger partial charge on any atom is -0.457 e. The molecule has 0 radical (unpaired) electrons. The molecule has 0 fully saturated rings. The number of aliphatic hydroxyl groups excluding tert-OH is 1. The van der Waals surface area contributed by atoms with Crippen molar-refractivity contribution in [3.05, 3.63) is 48.6 Å². The van der Waals surface area contributed by atoms with Crippen molar-refractivity contribution < 1.29 is 19.4 Å². The van der Waals surface area contributed by atoms with Crippen molar-refractivity contribution in [3.63, 3.8) is 0 Å². The van der Waals surface area contributed by atoms with Gasteiger partial charge in [0.1, 0.15) is 6.10 Å². The van der Waals surface area contributed by atoms with Crippen LogP contribution in [0.3, 0.4) is 0 Å². The third kappa shape index (κ3) is 32.9. The highest BCUT2D eigenvalue weighted by Gasteiger charge is 2.13. The Kier molecular flexibility index (Phi) is 34.1. The summed E-state index contributed by atoms with van der Waals surface area (Å²) in [7, 11) is 0. The summed E-state index contributed by atoms with van der Waals surface area (Å²) < 4.78 is 11.1. The fourth-order valence-corrected chi connectivity index (χ4v) is 4.69. The van der Waals surface area contributed by atoms with Crippen LogP contribution in [0, 0.1) is 0 Å². The van der Waals surface area contributed by atoms with Crippen LogP contribution in [0.1, 0.15) is 162 Å². The molecule has 0 amide bonds. The molecule has 0 aromatic heterocycles. The van der Waals surface area contributed by atoms with E-state index in [9.17, 15) is 9.90 Å². The second-order valence-electron chi connectivity index (χ2n) is 11.6. The van der Waals surface area contributed by atoms with Gasteiger partial charge in [-0.1, -0.05) is 133 Å². The summed E-state index contributed by atoms with van der Waals surface area (Å²) in [4.78, 5) is 12.1. The number of ether oxygens (including phenoxy) is 2. The summed E-state index contributed by atoms with van der Waals surface area (Å²) in [6.07, 6.45) is 44.3. The lowest BCUT2D eigenvalue weighted by molar-refractivity contribution is -0.154. The Balaban J connectivity index is 3.48. The molecule has 0 bridgehead atoms. The van der Waals surface area contributed by atoms with Gasteiger partial charge in [-0.05, 0) is 70.6 Å². The normalized spacial score (nSPS) is 12.9. The molecule has 0 aliphatic heterocycles. The molecule has 1 atom stereocenters. The molecule has 0 saturated heterocycles. The van der Waals surface area contributed by atoms with Gasteiger partial charge < -0.3 is 14.6 Å². The predicted molar refractivity (Wildman–Crippen MR) is 182 cm³/mol. The van der Waals surface area contributed by atoms with Crippen molar-refractivity contribution in [2.75, 3.05) is 19.8 Å². The Hall–Kier alpha value is -1.65. The first-order valence-corrected chi connectivity index (χ1v) is 17.7. The van der Waals surface area contributed by atoms with Crippen LogP contribution in [0.15, 0.2) is 48.6 Å². The Morgan fingerprint density at radius 1 is 0.571 bits per heavy atom. The highest BCUT2D eigenvalue weighted by molar-refractivity contribution is 5.69. The molecular formula is C38H68O4. The number of esters is 1. The number of carbonyl (C=O) groups is 1. The van der Waals surface area contributed by atoms with Crippen LogP contribution in [0.5, 0.6) is 0 Å². The Morgan fingerprint density at radius 2 is 1.05 bits per heavy atom. The maximum absolute atomic E-state index is 12.1. The molecule has 42 heavy (non-hydrogen) atoms. The minimum atomic E-state index is -0.542. The van der Waals surface area contributed by atoms with Gasteiger partial charge in [-0.25, -0.2) is 0 Å². The van der Waals surface area contributed by atoms with Gasteiger partial charge in [0.2, 0.25) is 0 Å². The highest BCUT2D eigenvalue weighted by Crippen LogP contribution is 2.11. The van der Waals surface area contributed by atoms with E-state index in [0.717, 1.165) is 44.9 Å². The van der Waals surface area contributed by atoms with Crippen LogP contribution in [-0.4, -0.2) is 37.0 Å². The average molecular weight is 589 g/mol. The Labute approximate surface area is 261 Å². The Morgan fingerprint density at radius 3 is 1.62 bits per heavy atom. The number of hydrogen-bond acceptors (Lipinski definition) is 4. The number of rotatable bonds is 32. The zero-order valence-corrected chi connectivity index (χ0v) is 27.8. The summed E-state index contributed by atoms with van der Waals surface area (Å²) in [5.41, 5.74) is 0. The van der Waals surface area contributed by atoms with Crippen LogP contribution in [-0.2, 0) is 14.3 Å². The van der Waals surface area contributed by atoms with E-state index in [2.05, 4.69) is 62.5 Å². The second kappa shape index (κ2) is 35.5. The van der Waals surface area contributed by atoms with E-state index in [4.69, 9.17) is 9.47 Å². The molecule has 1 N–H and O–H groups in total. The highest BCUT2D eigenvalue weighted by atomic mass is 16.6. The number of carbonyl (C=O) groups excluding carboxylic acids is 1. The van der Waals surface area contributed by atoms with E-state index in [1.54, 1.807) is 0 Å². The smallest absolute Gasteiger partial charge is 0.306 e. The van der Waals surface area contributed by atoms with Gasteiger partial charge in [0, 0.05) is 13.0 Å². The van der Waals surface area contributed by atoms with Crippen LogP contribution in [0.25, 0.3) is 0 Å². The van der Waals surface area contributed by atoms with Crippen molar-refractivity contribution in [1.82, 2.24) is 0 Å². The van der Waals surface area contributed by atoms with Gasteiger partial charge in [-0.15, -0.1) is 0 Å². The molecule has 0 saturated carbocycles. The van der Waals surface area contributed by atoms with E-state index in [0.29, 0.717) is 13.0 Å². The molecule has 0 aliphatic rings. The topological polar surface area (TPSA) is 55.8 Å². The Bertz CT molecular complexity index is 664. The third-order valence-electron chi connectivity index (χ3n) is 7.36. The van der Waals surface area contributed by atoms with Crippen molar-refractivity contribution >= 4 is 5.97 Å². The number of unbranched alkanes of at least 4 members (excludes halogenated alkanes) is 16. The van der Waals surface area contributed by atoms with Gasteiger partial charge in [0.15, 0.2) is 0 Å². The first-order valence-electron chi connectivity index (χ1n) is 17.7. The third-order valence-corrected chi connectivity index (χ3v) is 7.36. The van der Waals surface area contributed by atoms with Crippen LogP contribution < -0.4 is 0 Å². The first kappa shape index (κ1) is 40.4. The van der Waals surface area contributed by atoms with Crippen molar-refractivity contribution in [2.24, 2.45) is 0 Å².